The molecular weight excluding hydrogens is 280 g/mol. The fourth-order valence-electron chi connectivity index (χ4n) is 2.44. The molecule has 6 nitrogen and oxygen atoms in total. The zero-order chi connectivity index (χ0) is 14.9. The zero-order valence-corrected chi connectivity index (χ0v) is 12.2. The molecule has 1 aromatic carbocycles. The first-order chi connectivity index (χ1) is 9.32. The number of anilines is 1. The summed E-state index contributed by atoms with van der Waals surface area (Å²) in [6, 6.07) is 3.90. The van der Waals surface area contributed by atoms with Crippen molar-refractivity contribution in [2.45, 2.75) is 30.8 Å². The third kappa shape index (κ3) is 2.89. The average Bonchev–Trinajstić information content (AvgIpc) is 2.41. The topological polar surface area (TPSA) is 104 Å². The Morgan fingerprint density at radius 3 is 2.45 bits per heavy atom. The maximum Gasteiger partial charge on any atom is 0.243 e. The number of aliphatic hydroxyl groups excluding tert-OH is 1. The molecule has 20 heavy (non-hydrogen) atoms. The first-order valence-electron chi connectivity index (χ1n) is 6.59. The van der Waals surface area contributed by atoms with Crippen molar-refractivity contribution in [1.82, 2.24) is 4.31 Å². The summed E-state index contributed by atoms with van der Waals surface area (Å²) in [6.45, 7) is 2.51. The molecule has 1 heterocycles. The quantitative estimate of drug-likeness (QED) is 0.564. The third-order valence-electron chi connectivity index (χ3n) is 3.82. The molecule has 1 aliphatic heterocycles. The minimum absolute atomic E-state index is 0.0462. The van der Waals surface area contributed by atoms with Gasteiger partial charge in [0, 0.05) is 13.1 Å². The second kappa shape index (κ2) is 5.59. The predicted molar refractivity (Wildman–Crippen MR) is 75.7 cm³/mol. The Morgan fingerprint density at radius 2 is 1.95 bits per heavy atom. The van der Waals surface area contributed by atoms with E-state index in [9.17, 15) is 18.6 Å². The lowest BCUT2D eigenvalue weighted by Gasteiger charge is -2.32. The lowest BCUT2D eigenvalue weighted by molar-refractivity contribution is 0.0912. The molecule has 1 fully saturated rings. The summed E-state index contributed by atoms with van der Waals surface area (Å²) in [5.74, 6) is 0.0168. The van der Waals surface area contributed by atoms with E-state index in [-0.39, 0.29) is 22.3 Å². The normalized spacial score (nSPS) is 19.9. The number of nitrogen functional groups attached to an aromatic ring is 1. The minimum Gasteiger partial charge on any atom is -0.506 e. The van der Waals surface area contributed by atoms with Gasteiger partial charge in [0.1, 0.15) is 5.75 Å². The SMILES string of the molecule is CC(O)C1CCN(S(=O)(=O)c2ccc(O)c(N)c2)CC1. The predicted octanol–water partition coefficient (Wildman–Crippen LogP) is 0.756. The Hall–Kier alpha value is -1.31. The van der Waals surface area contributed by atoms with Gasteiger partial charge < -0.3 is 15.9 Å². The number of nitrogens with two attached hydrogens (primary N) is 1. The van der Waals surface area contributed by atoms with Crippen molar-refractivity contribution in [1.29, 1.82) is 0 Å². The highest BCUT2D eigenvalue weighted by Crippen LogP contribution is 2.28. The standard InChI is InChI=1S/C13H20N2O4S/c1-9(16)10-4-6-15(7-5-10)20(18,19)11-2-3-13(17)12(14)8-11/h2-3,8-10,16-17H,4-7,14H2,1H3. The lowest BCUT2D eigenvalue weighted by Crippen LogP contribution is -2.40. The van der Waals surface area contributed by atoms with Crippen LogP contribution in [0.25, 0.3) is 0 Å². The van der Waals surface area contributed by atoms with E-state index in [1.165, 1.54) is 22.5 Å². The van der Waals surface area contributed by atoms with Crippen LogP contribution in [-0.2, 0) is 10.0 Å². The zero-order valence-electron chi connectivity index (χ0n) is 11.4. The molecule has 1 atom stereocenters. The van der Waals surface area contributed by atoms with E-state index >= 15 is 0 Å². The Labute approximate surface area is 118 Å². The first kappa shape index (κ1) is 15.1. The van der Waals surface area contributed by atoms with Crippen molar-refractivity contribution in [2.24, 2.45) is 5.92 Å². The molecule has 7 heteroatoms. The monoisotopic (exact) mass is 300 g/mol. The maximum atomic E-state index is 12.5. The van der Waals surface area contributed by atoms with E-state index < -0.39 is 16.1 Å². The van der Waals surface area contributed by atoms with Crippen LogP contribution in [0.3, 0.4) is 0 Å². The molecule has 0 radical (unpaired) electrons. The number of hydrogen-bond donors (Lipinski definition) is 3. The van der Waals surface area contributed by atoms with E-state index in [1.807, 2.05) is 0 Å². The average molecular weight is 300 g/mol. The molecule has 1 saturated heterocycles. The number of phenolic OH excluding ortho intramolecular Hbond substituents is 1. The fraction of sp³-hybridized carbons (Fsp3) is 0.538. The maximum absolute atomic E-state index is 12.5. The number of piperidine rings is 1. The van der Waals surface area contributed by atoms with E-state index in [0.29, 0.717) is 25.9 Å². The van der Waals surface area contributed by atoms with E-state index in [2.05, 4.69) is 0 Å². The van der Waals surface area contributed by atoms with Crippen LogP contribution < -0.4 is 5.73 Å². The van der Waals surface area contributed by atoms with Gasteiger partial charge in [-0.3, -0.25) is 0 Å². The van der Waals surface area contributed by atoms with E-state index in [0.717, 1.165) is 0 Å². The molecule has 0 spiro atoms. The third-order valence-corrected chi connectivity index (χ3v) is 5.71. The smallest absolute Gasteiger partial charge is 0.243 e. The number of nitrogens with zero attached hydrogens (tertiary/aromatic N) is 1. The molecule has 4 N–H and O–H groups in total. The fourth-order valence-corrected chi connectivity index (χ4v) is 3.95. The second-order valence-electron chi connectivity index (χ2n) is 5.20. The van der Waals surface area contributed by atoms with Crippen LogP contribution >= 0.6 is 0 Å². The van der Waals surface area contributed by atoms with Crippen LogP contribution in [0.5, 0.6) is 5.75 Å². The molecule has 112 valence electrons. The van der Waals surface area contributed by atoms with Crippen molar-refractivity contribution < 1.29 is 18.6 Å². The number of hydrogen-bond acceptors (Lipinski definition) is 5. The summed E-state index contributed by atoms with van der Waals surface area (Å²) in [5.41, 5.74) is 5.59. The number of rotatable bonds is 3. The van der Waals surface area contributed by atoms with Crippen molar-refractivity contribution in [3.8, 4) is 5.75 Å². The van der Waals surface area contributed by atoms with Crippen LogP contribution in [0.15, 0.2) is 23.1 Å². The Morgan fingerprint density at radius 1 is 1.35 bits per heavy atom. The van der Waals surface area contributed by atoms with Gasteiger partial charge in [-0.1, -0.05) is 0 Å². The van der Waals surface area contributed by atoms with Gasteiger partial charge in [0.25, 0.3) is 0 Å². The van der Waals surface area contributed by atoms with Crippen molar-refractivity contribution in [3.63, 3.8) is 0 Å². The van der Waals surface area contributed by atoms with Crippen LogP contribution in [0.4, 0.5) is 5.69 Å². The van der Waals surface area contributed by atoms with Gasteiger partial charge in [-0.05, 0) is 43.9 Å². The number of benzene rings is 1. The molecule has 0 amide bonds. The number of sulfonamides is 1. The minimum atomic E-state index is -3.59. The molecule has 1 aromatic rings. The molecule has 0 aliphatic carbocycles. The molecule has 1 unspecified atom stereocenters. The van der Waals surface area contributed by atoms with Crippen molar-refractivity contribution in [3.05, 3.63) is 18.2 Å². The lowest BCUT2D eigenvalue weighted by atomic mass is 9.93. The number of aromatic hydroxyl groups is 1. The molecule has 0 saturated carbocycles. The van der Waals surface area contributed by atoms with Crippen LogP contribution in [0.2, 0.25) is 0 Å². The largest absolute Gasteiger partial charge is 0.506 e. The summed E-state index contributed by atoms with van der Waals surface area (Å²) in [4.78, 5) is 0.0864. The van der Waals surface area contributed by atoms with Gasteiger partial charge in [0.05, 0.1) is 16.7 Å². The Kier molecular flexibility index (Phi) is 4.22. The van der Waals surface area contributed by atoms with Crippen LogP contribution in [0.1, 0.15) is 19.8 Å². The van der Waals surface area contributed by atoms with E-state index in [1.54, 1.807) is 6.92 Å². The molecule has 0 bridgehead atoms. The van der Waals surface area contributed by atoms with Crippen molar-refractivity contribution >= 4 is 15.7 Å². The number of phenols is 1. The Bertz CT molecular complexity index is 578. The molecule has 2 rings (SSSR count). The summed E-state index contributed by atoms with van der Waals surface area (Å²) >= 11 is 0. The molecule has 0 aromatic heterocycles. The van der Waals surface area contributed by atoms with Crippen LogP contribution in [-0.4, -0.2) is 42.1 Å². The molecular formula is C13H20N2O4S. The highest BCUT2D eigenvalue weighted by Gasteiger charge is 2.31. The summed E-state index contributed by atoms with van der Waals surface area (Å²) in [5, 5.41) is 18.9. The summed E-state index contributed by atoms with van der Waals surface area (Å²) in [7, 11) is -3.59. The number of aliphatic hydroxyl groups is 1. The van der Waals surface area contributed by atoms with Gasteiger partial charge in [-0.15, -0.1) is 0 Å². The summed E-state index contributed by atoms with van der Waals surface area (Å²) in [6.07, 6.45) is 0.874. The Balaban J connectivity index is 2.17. The van der Waals surface area contributed by atoms with Gasteiger partial charge >= 0.3 is 0 Å². The van der Waals surface area contributed by atoms with Gasteiger partial charge in [-0.25, -0.2) is 8.42 Å². The summed E-state index contributed by atoms with van der Waals surface area (Å²) < 4.78 is 26.3. The highest BCUT2D eigenvalue weighted by molar-refractivity contribution is 7.89. The van der Waals surface area contributed by atoms with Crippen LogP contribution in [0, 0.1) is 5.92 Å². The highest BCUT2D eigenvalue weighted by atomic mass is 32.2. The molecule has 1 aliphatic rings. The van der Waals surface area contributed by atoms with E-state index in [4.69, 9.17) is 5.73 Å². The first-order valence-corrected chi connectivity index (χ1v) is 8.03. The van der Waals surface area contributed by atoms with Crippen molar-refractivity contribution in [2.75, 3.05) is 18.8 Å². The second-order valence-corrected chi connectivity index (χ2v) is 7.14. The van der Waals surface area contributed by atoms with Gasteiger partial charge in [0.2, 0.25) is 10.0 Å². The van der Waals surface area contributed by atoms with Gasteiger partial charge in [-0.2, -0.15) is 4.31 Å². The van der Waals surface area contributed by atoms with Gasteiger partial charge in [0.15, 0.2) is 0 Å².